The number of nitrogens with one attached hydrogen (secondary N) is 1. The summed E-state index contributed by atoms with van der Waals surface area (Å²) < 4.78 is 15.7. The lowest BCUT2D eigenvalue weighted by atomic mass is 9.84. The van der Waals surface area contributed by atoms with Crippen molar-refractivity contribution in [3.05, 3.63) is 23.8 Å². The van der Waals surface area contributed by atoms with Crippen LogP contribution in [0.4, 0.5) is 0 Å². The molecule has 0 atom stereocenters. The molecule has 0 saturated carbocycles. The molecule has 1 aliphatic rings. The maximum absolute atomic E-state index is 11.8. The Labute approximate surface area is 197 Å². The number of carbonyl (C=O) groups is 1. The number of hydrogen-bond donors (Lipinski definition) is 1. The summed E-state index contributed by atoms with van der Waals surface area (Å²) >= 11 is 0. The van der Waals surface area contributed by atoms with E-state index in [-0.39, 0.29) is 41.3 Å². The van der Waals surface area contributed by atoms with Gasteiger partial charge in [-0.2, -0.15) is 0 Å². The average Bonchev–Trinajstić information content (AvgIpc) is 2.75. The standard InChI is InChI=1S/C22H35N3O4.HI/c1-7-23-21(25-12-10-16(11-13-25)20(26)29-6)24-15-22(2,3)17-8-9-18(27-4)19(14-17)28-5;/h8-9,14,16H,7,10-13,15H2,1-6H3,(H,23,24);1H. The molecule has 8 heteroatoms. The van der Waals surface area contributed by atoms with Gasteiger partial charge in [0.15, 0.2) is 17.5 Å². The van der Waals surface area contributed by atoms with E-state index in [1.807, 2.05) is 12.1 Å². The van der Waals surface area contributed by atoms with E-state index >= 15 is 0 Å². The summed E-state index contributed by atoms with van der Waals surface area (Å²) in [4.78, 5) is 18.9. The number of aliphatic imine (C=N–C) groups is 1. The third-order valence-corrected chi connectivity index (χ3v) is 5.45. The molecule has 1 saturated heterocycles. The van der Waals surface area contributed by atoms with Gasteiger partial charge in [0.1, 0.15) is 0 Å². The molecule has 1 aliphatic heterocycles. The van der Waals surface area contributed by atoms with Gasteiger partial charge in [-0.25, -0.2) is 0 Å². The third-order valence-electron chi connectivity index (χ3n) is 5.45. The zero-order valence-electron chi connectivity index (χ0n) is 19.0. The highest BCUT2D eigenvalue weighted by atomic mass is 127. The van der Waals surface area contributed by atoms with Gasteiger partial charge in [0.2, 0.25) is 0 Å². The van der Waals surface area contributed by atoms with Crippen molar-refractivity contribution in [2.45, 2.75) is 39.0 Å². The highest BCUT2D eigenvalue weighted by Crippen LogP contribution is 2.33. The largest absolute Gasteiger partial charge is 0.493 e. The van der Waals surface area contributed by atoms with Crippen LogP contribution in [0.15, 0.2) is 23.2 Å². The normalized spacial score (nSPS) is 15.3. The first kappa shape index (κ1) is 26.3. The number of esters is 1. The fraction of sp³-hybridized carbons (Fsp3) is 0.636. The number of nitrogens with zero attached hydrogens (tertiary/aromatic N) is 2. The van der Waals surface area contributed by atoms with E-state index in [0.717, 1.165) is 55.5 Å². The summed E-state index contributed by atoms with van der Waals surface area (Å²) in [6.07, 6.45) is 1.58. The molecule has 0 unspecified atom stereocenters. The molecular formula is C22H36IN3O4. The maximum atomic E-state index is 11.8. The number of guanidine groups is 1. The summed E-state index contributed by atoms with van der Waals surface area (Å²) in [7, 11) is 4.74. The Hall–Kier alpha value is -1.71. The van der Waals surface area contributed by atoms with Crippen molar-refractivity contribution >= 4 is 35.9 Å². The molecule has 1 fully saturated rings. The Balaban J connectivity index is 0.00000450. The van der Waals surface area contributed by atoms with E-state index in [1.165, 1.54) is 7.11 Å². The second kappa shape index (κ2) is 12.2. The number of likely N-dealkylation sites (tertiary alicyclic amines) is 1. The van der Waals surface area contributed by atoms with Crippen LogP contribution in [-0.4, -0.2) is 64.3 Å². The van der Waals surface area contributed by atoms with E-state index in [2.05, 4.69) is 37.1 Å². The Morgan fingerprint density at radius 3 is 2.33 bits per heavy atom. The highest BCUT2D eigenvalue weighted by Gasteiger charge is 2.28. The van der Waals surface area contributed by atoms with Crippen LogP contribution in [0.25, 0.3) is 0 Å². The van der Waals surface area contributed by atoms with Gasteiger partial charge in [0.25, 0.3) is 0 Å². The molecule has 170 valence electrons. The van der Waals surface area contributed by atoms with Gasteiger partial charge >= 0.3 is 5.97 Å². The maximum Gasteiger partial charge on any atom is 0.308 e. The lowest BCUT2D eigenvalue weighted by molar-refractivity contribution is -0.146. The smallest absolute Gasteiger partial charge is 0.308 e. The fourth-order valence-corrected chi connectivity index (χ4v) is 3.54. The van der Waals surface area contributed by atoms with Crippen LogP contribution in [0.1, 0.15) is 39.2 Å². The van der Waals surface area contributed by atoms with Crippen molar-refractivity contribution in [2.24, 2.45) is 10.9 Å². The second-order valence-electron chi connectivity index (χ2n) is 7.91. The molecule has 1 heterocycles. The van der Waals surface area contributed by atoms with E-state index in [1.54, 1.807) is 14.2 Å². The van der Waals surface area contributed by atoms with E-state index < -0.39 is 0 Å². The minimum atomic E-state index is -0.176. The number of piperidine rings is 1. The molecular weight excluding hydrogens is 497 g/mol. The summed E-state index contributed by atoms with van der Waals surface area (Å²) in [5.41, 5.74) is 0.962. The van der Waals surface area contributed by atoms with Gasteiger partial charge in [-0.05, 0) is 37.5 Å². The Morgan fingerprint density at radius 2 is 1.80 bits per heavy atom. The molecule has 0 radical (unpaired) electrons. The van der Waals surface area contributed by atoms with E-state index in [4.69, 9.17) is 19.2 Å². The molecule has 0 bridgehead atoms. The van der Waals surface area contributed by atoms with Crippen molar-refractivity contribution in [3.63, 3.8) is 0 Å². The van der Waals surface area contributed by atoms with Gasteiger partial charge in [0, 0.05) is 25.0 Å². The molecule has 2 rings (SSSR count). The van der Waals surface area contributed by atoms with Crippen LogP contribution in [-0.2, 0) is 14.9 Å². The van der Waals surface area contributed by atoms with Crippen LogP contribution in [0.5, 0.6) is 11.5 Å². The van der Waals surface area contributed by atoms with Crippen molar-refractivity contribution in [1.82, 2.24) is 10.2 Å². The number of benzene rings is 1. The summed E-state index contributed by atoms with van der Waals surface area (Å²) in [5, 5.41) is 3.39. The lowest BCUT2D eigenvalue weighted by Gasteiger charge is -2.34. The Morgan fingerprint density at radius 1 is 1.17 bits per heavy atom. The predicted molar refractivity (Wildman–Crippen MR) is 130 cm³/mol. The van der Waals surface area contributed by atoms with Gasteiger partial charge in [-0.15, -0.1) is 24.0 Å². The molecule has 0 amide bonds. The molecule has 0 spiro atoms. The van der Waals surface area contributed by atoms with Gasteiger partial charge in [0.05, 0.1) is 33.8 Å². The van der Waals surface area contributed by atoms with Crippen LogP contribution in [0, 0.1) is 5.92 Å². The van der Waals surface area contributed by atoms with Crippen molar-refractivity contribution in [2.75, 3.05) is 47.5 Å². The fourth-order valence-electron chi connectivity index (χ4n) is 3.54. The van der Waals surface area contributed by atoms with Crippen molar-refractivity contribution in [1.29, 1.82) is 0 Å². The monoisotopic (exact) mass is 533 g/mol. The van der Waals surface area contributed by atoms with Gasteiger partial charge in [-0.1, -0.05) is 19.9 Å². The molecule has 1 aromatic carbocycles. The molecule has 1 aromatic rings. The zero-order chi connectivity index (χ0) is 21.4. The lowest BCUT2D eigenvalue weighted by Crippen LogP contribution is -2.47. The highest BCUT2D eigenvalue weighted by molar-refractivity contribution is 14.0. The van der Waals surface area contributed by atoms with E-state index in [9.17, 15) is 4.79 Å². The first-order valence-electron chi connectivity index (χ1n) is 10.2. The first-order chi connectivity index (χ1) is 13.9. The number of methoxy groups -OCH3 is 3. The Bertz CT molecular complexity index is 716. The third kappa shape index (κ3) is 6.65. The van der Waals surface area contributed by atoms with Gasteiger partial charge < -0.3 is 24.4 Å². The summed E-state index contributed by atoms with van der Waals surface area (Å²) in [6.45, 7) is 9.42. The van der Waals surface area contributed by atoms with E-state index in [0.29, 0.717) is 6.54 Å². The Kier molecular flexibility index (Phi) is 10.7. The number of carbonyl (C=O) groups excluding carboxylic acids is 1. The molecule has 1 N–H and O–H groups in total. The van der Waals surface area contributed by atoms with Crippen LogP contribution in [0.2, 0.25) is 0 Å². The van der Waals surface area contributed by atoms with Crippen LogP contribution in [0.3, 0.4) is 0 Å². The first-order valence-corrected chi connectivity index (χ1v) is 10.2. The van der Waals surface area contributed by atoms with Crippen molar-refractivity contribution in [3.8, 4) is 11.5 Å². The van der Waals surface area contributed by atoms with Gasteiger partial charge in [-0.3, -0.25) is 9.79 Å². The number of hydrogen-bond acceptors (Lipinski definition) is 5. The summed E-state index contributed by atoms with van der Waals surface area (Å²) in [5.74, 6) is 2.21. The minimum absolute atomic E-state index is 0. The SMILES string of the molecule is CCNC(=NCC(C)(C)c1ccc(OC)c(OC)c1)N1CCC(C(=O)OC)CC1.I. The van der Waals surface area contributed by atoms with Crippen LogP contribution < -0.4 is 14.8 Å². The zero-order valence-corrected chi connectivity index (χ0v) is 21.3. The topological polar surface area (TPSA) is 72.4 Å². The number of rotatable bonds is 7. The molecule has 0 aromatic heterocycles. The van der Waals surface area contributed by atoms with Crippen molar-refractivity contribution < 1.29 is 19.0 Å². The molecule has 7 nitrogen and oxygen atoms in total. The predicted octanol–water partition coefficient (Wildman–Crippen LogP) is 3.45. The quantitative estimate of drug-likeness (QED) is 0.251. The average molecular weight is 533 g/mol. The number of halogens is 1. The molecule has 0 aliphatic carbocycles. The molecule has 30 heavy (non-hydrogen) atoms. The number of ether oxygens (including phenoxy) is 3. The second-order valence-corrected chi connectivity index (χ2v) is 7.91. The summed E-state index contributed by atoms with van der Waals surface area (Å²) in [6, 6.07) is 6.01. The van der Waals surface area contributed by atoms with Crippen LogP contribution >= 0.6 is 24.0 Å². The minimum Gasteiger partial charge on any atom is -0.493 e.